The van der Waals surface area contributed by atoms with Crippen molar-refractivity contribution >= 4 is 40.0 Å². The number of nitrogens with one attached hydrogen (secondary N) is 2. The van der Waals surface area contributed by atoms with E-state index in [2.05, 4.69) is 20.0 Å². The average Bonchev–Trinajstić information content (AvgIpc) is 2.70. The normalized spacial score (nSPS) is 11.5. The second-order valence-electron chi connectivity index (χ2n) is 6.10. The van der Waals surface area contributed by atoms with E-state index in [0.717, 1.165) is 11.3 Å². The Balaban J connectivity index is 0.00000420. The molecule has 8 nitrogen and oxygen atoms in total. The summed E-state index contributed by atoms with van der Waals surface area (Å²) in [4.78, 5) is 10.1. The highest BCUT2D eigenvalue weighted by Crippen LogP contribution is 2.15. The Hall–Kier alpha value is -1.92. The third kappa shape index (κ3) is 8.15. The van der Waals surface area contributed by atoms with Gasteiger partial charge in [-0.1, -0.05) is 18.2 Å². The first-order valence-electron chi connectivity index (χ1n) is 8.94. The van der Waals surface area contributed by atoms with Crippen molar-refractivity contribution in [2.45, 2.75) is 11.8 Å². The second kappa shape index (κ2) is 12.6. The lowest BCUT2D eigenvalue weighted by atomic mass is 10.2. The molecule has 0 atom stereocenters. The molecule has 0 fully saturated rings. The van der Waals surface area contributed by atoms with Gasteiger partial charge in [-0.3, -0.25) is 9.98 Å². The van der Waals surface area contributed by atoms with Crippen LogP contribution in [0.4, 0.5) is 0 Å². The van der Waals surface area contributed by atoms with Crippen molar-refractivity contribution < 1.29 is 13.2 Å². The molecule has 1 aromatic heterocycles. The van der Waals surface area contributed by atoms with Gasteiger partial charge in [-0.25, -0.2) is 13.1 Å². The molecule has 0 unspecified atom stereocenters. The maximum absolute atomic E-state index is 12.1. The lowest BCUT2D eigenvalue weighted by Gasteiger charge is -2.22. The molecule has 0 radical (unpaired) electrons. The summed E-state index contributed by atoms with van der Waals surface area (Å²) < 4.78 is 32.6. The standard InChI is InChI=1S/C19H27N5O3S.HI/c1-16-7-4-5-9-18(16)27-14-13-24(3)19(20-2)22-11-12-23-28(25,26)17-8-6-10-21-15-17;/h4-10,15,23H,11-14H2,1-3H3,(H,20,22);1H. The Kier molecular flexibility index (Phi) is 10.9. The first-order chi connectivity index (χ1) is 13.4. The molecule has 0 aliphatic carbocycles. The van der Waals surface area contributed by atoms with E-state index in [1.165, 1.54) is 18.5 Å². The minimum atomic E-state index is -3.56. The Morgan fingerprint density at radius 1 is 1.21 bits per heavy atom. The van der Waals surface area contributed by atoms with Crippen LogP contribution in [0.1, 0.15) is 5.56 Å². The Morgan fingerprint density at radius 3 is 2.62 bits per heavy atom. The quantitative estimate of drug-likeness (QED) is 0.221. The minimum absolute atomic E-state index is 0. The molecule has 0 aliphatic rings. The highest BCUT2D eigenvalue weighted by Gasteiger charge is 2.13. The molecule has 2 aromatic rings. The smallest absolute Gasteiger partial charge is 0.242 e. The van der Waals surface area contributed by atoms with Gasteiger partial charge < -0.3 is 15.0 Å². The Morgan fingerprint density at radius 2 is 1.97 bits per heavy atom. The van der Waals surface area contributed by atoms with Gasteiger partial charge in [0.2, 0.25) is 10.0 Å². The molecule has 0 saturated heterocycles. The van der Waals surface area contributed by atoms with Crippen molar-refractivity contribution in [1.82, 2.24) is 19.9 Å². The highest BCUT2D eigenvalue weighted by molar-refractivity contribution is 14.0. The largest absolute Gasteiger partial charge is 0.491 e. The van der Waals surface area contributed by atoms with Crippen molar-refractivity contribution in [3.8, 4) is 5.75 Å². The highest BCUT2D eigenvalue weighted by atomic mass is 127. The van der Waals surface area contributed by atoms with Gasteiger partial charge in [0, 0.05) is 39.6 Å². The topological polar surface area (TPSA) is 95.9 Å². The van der Waals surface area contributed by atoms with Crippen molar-refractivity contribution in [2.24, 2.45) is 4.99 Å². The molecule has 160 valence electrons. The molecular formula is C19H28IN5O3S. The van der Waals surface area contributed by atoms with Crippen LogP contribution in [-0.2, 0) is 10.0 Å². The SMILES string of the molecule is CN=C(NCCNS(=O)(=O)c1cccnc1)N(C)CCOc1ccccc1C.I. The number of para-hydroxylation sites is 1. The van der Waals surface area contributed by atoms with Crippen LogP contribution in [0.5, 0.6) is 5.75 Å². The van der Waals surface area contributed by atoms with Gasteiger partial charge in [0.05, 0.1) is 6.54 Å². The molecule has 10 heteroatoms. The lowest BCUT2D eigenvalue weighted by Crippen LogP contribution is -2.43. The number of likely N-dealkylation sites (N-methyl/N-ethyl adjacent to an activating group) is 1. The fourth-order valence-corrected chi connectivity index (χ4v) is 3.45. The zero-order valence-corrected chi connectivity index (χ0v) is 20.0. The first kappa shape index (κ1) is 25.1. The number of ether oxygens (including phenoxy) is 1. The van der Waals surface area contributed by atoms with Gasteiger partial charge >= 0.3 is 0 Å². The fourth-order valence-electron chi connectivity index (χ4n) is 2.45. The van der Waals surface area contributed by atoms with Crippen LogP contribution in [0.15, 0.2) is 58.7 Å². The van der Waals surface area contributed by atoms with Crippen molar-refractivity contribution in [2.75, 3.05) is 40.3 Å². The minimum Gasteiger partial charge on any atom is -0.491 e. The number of benzene rings is 1. The van der Waals surface area contributed by atoms with E-state index < -0.39 is 10.0 Å². The number of rotatable bonds is 9. The monoisotopic (exact) mass is 533 g/mol. The summed E-state index contributed by atoms with van der Waals surface area (Å²) in [6.45, 7) is 3.77. The van der Waals surface area contributed by atoms with Gasteiger partial charge in [0.1, 0.15) is 17.3 Å². The van der Waals surface area contributed by atoms with Crippen molar-refractivity contribution in [3.05, 3.63) is 54.4 Å². The molecule has 0 spiro atoms. The first-order valence-corrected chi connectivity index (χ1v) is 10.4. The Bertz CT molecular complexity index is 878. The van der Waals surface area contributed by atoms with Gasteiger partial charge in [-0.2, -0.15) is 0 Å². The van der Waals surface area contributed by atoms with Crippen LogP contribution >= 0.6 is 24.0 Å². The Labute approximate surface area is 189 Å². The molecule has 0 saturated carbocycles. The van der Waals surface area contributed by atoms with E-state index in [4.69, 9.17) is 4.74 Å². The summed E-state index contributed by atoms with van der Waals surface area (Å²) >= 11 is 0. The van der Waals surface area contributed by atoms with Crippen molar-refractivity contribution in [3.63, 3.8) is 0 Å². The third-order valence-electron chi connectivity index (χ3n) is 4.00. The van der Waals surface area contributed by atoms with Crippen LogP contribution in [0.25, 0.3) is 0 Å². The number of aliphatic imine (C=N–C) groups is 1. The van der Waals surface area contributed by atoms with Gasteiger partial charge in [0.25, 0.3) is 0 Å². The number of guanidine groups is 1. The number of hydrogen-bond acceptors (Lipinski definition) is 5. The predicted octanol–water partition coefficient (Wildman–Crippen LogP) is 1.87. The fraction of sp³-hybridized carbons (Fsp3) is 0.368. The molecule has 0 bridgehead atoms. The summed E-state index contributed by atoms with van der Waals surface area (Å²) in [5.41, 5.74) is 1.09. The van der Waals surface area contributed by atoms with E-state index >= 15 is 0 Å². The maximum Gasteiger partial charge on any atom is 0.242 e. The predicted molar refractivity (Wildman–Crippen MR) is 126 cm³/mol. The lowest BCUT2D eigenvalue weighted by molar-refractivity contribution is 0.280. The second-order valence-corrected chi connectivity index (χ2v) is 7.86. The van der Waals surface area contributed by atoms with Gasteiger partial charge in [-0.15, -0.1) is 24.0 Å². The molecule has 0 amide bonds. The zero-order valence-electron chi connectivity index (χ0n) is 16.8. The van der Waals surface area contributed by atoms with Gasteiger partial charge in [-0.05, 0) is 30.7 Å². The number of halogens is 1. The summed E-state index contributed by atoms with van der Waals surface area (Å²) in [6, 6.07) is 11.0. The maximum atomic E-state index is 12.1. The average molecular weight is 533 g/mol. The summed E-state index contributed by atoms with van der Waals surface area (Å²) in [5.74, 6) is 1.53. The van der Waals surface area contributed by atoms with Crippen LogP contribution < -0.4 is 14.8 Å². The van der Waals surface area contributed by atoms with Crippen LogP contribution in [0.3, 0.4) is 0 Å². The number of nitrogens with zero attached hydrogens (tertiary/aromatic N) is 3. The number of pyridine rings is 1. The van der Waals surface area contributed by atoms with E-state index in [1.807, 2.05) is 43.1 Å². The van der Waals surface area contributed by atoms with E-state index in [1.54, 1.807) is 13.1 Å². The molecule has 0 aliphatic heterocycles. The van der Waals surface area contributed by atoms with Crippen LogP contribution in [-0.4, -0.2) is 64.6 Å². The van der Waals surface area contributed by atoms with E-state index in [-0.39, 0.29) is 35.4 Å². The number of aryl methyl sites for hydroxylation is 1. The summed E-state index contributed by atoms with van der Waals surface area (Å²) in [7, 11) is 0.0205. The molecule has 2 rings (SSSR count). The number of sulfonamides is 1. The molecule has 1 heterocycles. The molecule has 2 N–H and O–H groups in total. The molecule has 29 heavy (non-hydrogen) atoms. The number of aromatic nitrogens is 1. The summed E-state index contributed by atoms with van der Waals surface area (Å²) in [6.07, 6.45) is 2.85. The molecular weight excluding hydrogens is 505 g/mol. The molecule has 1 aromatic carbocycles. The van der Waals surface area contributed by atoms with Gasteiger partial charge in [0.15, 0.2) is 5.96 Å². The summed E-state index contributed by atoms with van der Waals surface area (Å²) in [5, 5.41) is 3.13. The van der Waals surface area contributed by atoms with Crippen LogP contribution in [0.2, 0.25) is 0 Å². The van der Waals surface area contributed by atoms with Crippen LogP contribution in [0, 0.1) is 6.92 Å². The van der Waals surface area contributed by atoms with E-state index in [9.17, 15) is 8.42 Å². The number of hydrogen-bond donors (Lipinski definition) is 2. The zero-order chi connectivity index (χ0) is 20.4. The third-order valence-corrected chi connectivity index (χ3v) is 5.44. The van der Waals surface area contributed by atoms with E-state index in [0.29, 0.717) is 25.7 Å². The van der Waals surface area contributed by atoms with Crippen molar-refractivity contribution in [1.29, 1.82) is 0 Å².